The van der Waals surface area contributed by atoms with Crippen LogP contribution in [0.3, 0.4) is 0 Å². The Morgan fingerprint density at radius 2 is 2.18 bits per heavy atom. The Bertz CT molecular complexity index is 344. The molecular formula is C13H21FN2O. The highest BCUT2D eigenvalue weighted by molar-refractivity contribution is 5.54. The van der Waals surface area contributed by atoms with E-state index in [2.05, 4.69) is 4.90 Å². The molecular weight excluding hydrogens is 219 g/mol. The Morgan fingerprint density at radius 3 is 2.76 bits per heavy atom. The smallest absolute Gasteiger partial charge is 0.128 e. The highest BCUT2D eigenvalue weighted by Gasteiger charge is 2.12. The number of ether oxygens (including phenoxy) is 1. The second kappa shape index (κ2) is 7.25. The van der Waals surface area contributed by atoms with Gasteiger partial charge in [-0.05, 0) is 32.0 Å². The van der Waals surface area contributed by atoms with Gasteiger partial charge in [-0.25, -0.2) is 4.39 Å². The second-order valence-electron chi connectivity index (χ2n) is 3.85. The number of benzene rings is 1. The molecule has 0 bridgehead atoms. The van der Waals surface area contributed by atoms with Gasteiger partial charge in [0.05, 0.1) is 6.61 Å². The molecule has 0 aliphatic heterocycles. The quantitative estimate of drug-likeness (QED) is 0.790. The third-order valence-corrected chi connectivity index (χ3v) is 2.78. The van der Waals surface area contributed by atoms with Crippen LogP contribution in [0.15, 0.2) is 18.2 Å². The minimum atomic E-state index is -0.177. The van der Waals surface area contributed by atoms with Gasteiger partial charge in [-0.1, -0.05) is 6.07 Å². The number of methoxy groups -OCH3 is 1. The highest BCUT2D eigenvalue weighted by atomic mass is 19.1. The fraction of sp³-hybridized carbons (Fsp3) is 0.538. The molecule has 0 amide bonds. The largest absolute Gasteiger partial charge is 0.383 e. The van der Waals surface area contributed by atoms with Gasteiger partial charge in [0.2, 0.25) is 0 Å². The molecule has 3 nitrogen and oxygen atoms in total. The zero-order valence-electron chi connectivity index (χ0n) is 10.6. The Kier molecular flexibility index (Phi) is 5.94. The van der Waals surface area contributed by atoms with Crippen LogP contribution < -0.4 is 10.6 Å². The van der Waals surface area contributed by atoms with Crippen LogP contribution in [0, 0.1) is 5.82 Å². The van der Waals surface area contributed by atoms with E-state index in [9.17, 15) is 4.39 Å². The highest BCUT2D eigenvalue weighted by Crippen LogP contribution is 2.23. The summed E-state index contributed by atoms with van der Waals surface area (Å²) in [5.41, 5.74) is 7.16. The normalized spacial score (nSPS) is 10.6. The molecule has 2 N–H and O–H groups in total. The monoisotopic (exact) mass is 240 g/mol. The van der Waals surface area contributed by atoms with Gasteiger partial charge in [-0.2, -0.15) is 0 Å². The van der Waals surface area contributed by atoms with Crippen molar-refractivity contribution >= 4 is 5.69 Å². The molecule has 4 heteroatoms. The van der Waals surface area contributed by atoms with Crippen molar-refractivity contribution < 1.29 is 9.13 Å². The van der Waals surface area contributed by atoms with Crippen LogP contribution in [-0.2, 0) is 11.2 Å². The first kappa shape index (κ1) is 13.9. The van der Waals surface area contributed by atoms with Gasteiger partial charge in [0.25, 0.3) is 0 Å². The van der Waals surface area contributed by atoms with Crippen molar-refractivity contribution in [3.8, 4) is 0 Å². The zero-order chi connectivity index (χ0) is 12.7. The topological polar surface area (TPSA) is 38.5 Å². The Labute approximate surface area is 102 Å². The van der Waals surface area contributed by atoms with E-state index in [1.165, 1.54) is 6.07 Å². The number of anilines is 1. The first-order valence-corrected chi connectivity index (χ1v) is 5.95. The fourth-order valence-corrected chi connectivity index (χ4v) is 1.89. The molecule has 96 valence electrons. The lowest BCUT2D eigenvalue weighted by atomic mass is 10.1. The van der Waals surface area contributed by atoms with Gasteiger partial charge < -0.3 is 15.4 Å². The van der Waals surface area contributed by atoms with E-state index in [1.54, 1.807) is 13.2 Å². The van der Waals surface area contributed by atoms with Gasteiger partial charge in [0.15, 0.2) is 0 Å². The first-order chi connectivity index (χ1) is 8.24. The van der Waals surface area contributed by atoms with Crippen LogP contribution in [0.25, 0.3) is 0 Å². The summed E-state index contributed by atoms with van der Waals surface area (Å²) in [4.78, 5) is 2.11. The summed E-state index contributed by atoms with van der Waals surface area (Å²) in [5.74, 6) is -0.177. The van der Waals surface area contributed by atoms with Crippen molar-refractivity contribution in [2.24, 2.45) is 5.73 Å². The summed E-state index contributed by atoms with van der Waals surface area (Å²) in [6.45, 7) is 4.72. The minimum absolute atomic E-state index is 0.177. The van der Waals surface area contributed by atoms with Crippen molar-refractivity contribution in [2.75, 3.05) is 38.3 Å². The zero-order valence-corrected chi connectivity index (χ0v) is 10.6. The van der Waals surface area contributed by atoms with Crippen LogP contribution in [-0.4, -0.2) is 33.4 Å². The lowest BCUT2D eigenvalue weighted by Crippen LogP contribution is -2.28. The van der Waals surface area contributed by atoms with Crippen LogP contribution >= 0.6 is 0 Å². The predicted octanol–water partition coefficient (Wildman–Crippen LogP) is 1.80. The number of hydrogen-bond donors (Lipinski definition) is 1. The van der Waals surface area contributed by atoms with Gasteiger partial charge in [0, 0.05) is 31.5 Å². The number of nitrogens with two attached hydrogens (primary N) is 1. The maximum Gasteiger partial charge on any atom is 0.128 e. The van der Waals surface area contributed by atoms with Crippen LogP contribution in [0.5, 0.6) is 0 Å². The molecule has 0 atom stereocenters. The number of hydrogen-bond acceptors (Lipinski definition) is 3. The molecule has 0 spiro atoms. The van der Waals surface area contributed by atoms with E-state index in [0.29, 0.717) is 25.1 Å². The van der Waals surface area contributed by atoms with Crippen molar-refractivity contribution in [1.29, 1.82) is 0 Å². The number of nitrogens with zero attached hydrogens (tertiary/aromatic N) is 1. The van der Waals surface area contributed by atoms with E-state index in [-0.39, 0.29) is 5.82 Å². The molecule has 0 aliphatic carbocycles. The lowest BCUT2D eigenvalue weighted by molar-refractivity contribution is 0.205. The van der Waals surface area contributed by atoms with E-state index < -0.39 is 0 Å². The van der Waals surface area contributed by atoms with Gasteiger partial charge in [0.1, 0.15) is 5.82 Å². The molecule has 1 aromatic rings. The Morgan fingerprint density at radius 1 is 1.41 bits per heavy atom. The van der Waals surface area contributed by atoms with E-state index in [1.807, 2.05) is 13.0 Å². The molecule has 1 rings (SSSR count). The van der Waals surface area contributed by atoms with E-state index >= 15 is 0 Å². The maximum atomic E-state index is 13.7. The summed E-state index contributed by atoms with van der Waals surface area (Å²) in [6.07, 6.45) is 0.561. The molecule has 0 radical (unpaired) electrons. The number of likely N-dealkylation sites (N-methyl/N-ethyl adjacent to an activating group) is 1. The molecule has 0 fully saturated rings. The minimum Gasteiger partial charge on any atom is -0.383 e. The maximum absolute atomic E-state index is 13.7. The second-order valence-corrected chi connectivity index (χ2v) is 3.85. The van der Waals surface area contributed by atoms with Crippen LogP contribution in [0.4, 0.5) is 10.1 Å². The standard InChI is InChI=1S/C13H21FN2O/c1-3-16(9-10-17-2)13-6-4-5-12(14)11(13)7-8-15/h4-6H,3,7-10,15H2,1-2H3. The molecule has 0 heterocycles. The summed E-state index contributed by atoms with van der Waals surface area (Å²) in [7, 11) is 1.67. The van der Waals surface area contributed by atoms with Crippen molar-refractivity contribution in [3.63, 3.8) is 0 Å². The van der Waals surface area contributed by atoms with Crippen molar-refractivity contribution in [2.45, 2.75) is 13.3 Å². The van der Waals surface area contributed by atoms with Gasteiger partial charge in [-0.3, -0.25) is 0 Å². The predicted molar refractivity (Wildman–Crippen MR) is 68.9 cm³/mol. The first-order valence-electron chi connectivity index (χ1n) is 5.95. The SMILES string of the molecule is CCN(CCOC)c1cccc(F)c1CCN. The lowest BCUT2D eigenvalue weighted by Gasteiger charge is -2.25. The number of rotatable bonds is 7. The van der Waals surface area contributed by atoms with Crippen LogP contribution in [0.2, 0.25) is 0 Å². The summed E-state index contributed by atoms with van der Waals surface area (Å²) >= 11 is 0. The van der Waals surface area contributed by atoms with Crippen molar-refractivity contribution in [1.82, 2.24) is 0 Å². The molecule has 0 saturated heterocycles. The van der Waals surface area contributed by atoms with Gasteiger partial charge in [-0.15, -0.1) is 0 Å². The third kappa shape index (κ3) is 3.68. The van der Waals surface area contributed by atoms with E-state index in [0.717, 1.165) is 18.8 Å². The average Bonchev–Trinajstić information content (AvgIpc) is 2.34. The molecule has 1 aromatic carbocycles. The van der Waals surface area contributed by atoms with Crippen molar-refractivity contribution in [3.05, 3.63) is 29.6 Å². The Balaban J connectivity index is 2.96. The molecule has 0 unspecified atom stereocenters. The summed E-state index contributed by atoms with van der Waals surface area (Å²) < 4.78 is 18.8. The molecule has 0 aromatic heterocycles. The average molecular weight is 240 g/mol. The Hall–Kier alpha value is -1.13. The van der Waals surface area contributed by atoms with Crippen LogP contribution in [0.1, 0.15) is 12.5 Å². The molecule has 17 heavy (non-hydrogen) atoms. The summed E-state index contributed by atoms with van der Waals surface area (Å²) in [6, 6.07) is 5.16. The third-order valence-electron chi connectivity index (χ3n) is 2.78. The molecule has 0 aliphatic rings. The summed E-state index contributed by atoms with van der Waals surface area (Å²) in [5, 5.41) is 0. The van der Waals surface area contributed by atoms with Gasteiger partial charge >= 0.3 is 0 Å². The number of halogens is 1. The van der Waals surface area contributed by atoms with E-state index in [4.69, 9.17) is 10.5 Å². The molecule has 0 saturated carbocycles. The fourth-order valence-electron chi connectivity index (χ4n) is 1.89.